The molecule has 0 aliphatic carbocycles. The summed E-state index contributed by atoms with van der Waals surface area (Å²) in [7, 11) is 1.43. The van der Waals surface area contributed by atoms with Crippen molar-refractivity contribution in [2.24, 2.45) is 0 Å². The SMILES string of the molecule is CCOc1c(Cl)cc(C(=O)O[C@@H](C)C(=O)NCc2ccc(F)cc2)cc1OC. The van der Waals surface area contributed by atoms with Crippen molar-refractivity contribution in [2.45, 2.75) is 26.5 Å². The lowest BCUT2D eigenvalue weighted by Gasteiger charge is -2.15. The van der Waals surface area contributed by atoms with Crippen LogP contribution in [-0.4, -0.2) is 31.7 Å². The zero-order chi connectivity index (χ0) is 20.7. The summed E-state index contributed by atoms with van der Waals surface area (Å²) < 4.78 is 28.7. The highest BCUT2D eigenvalue weighted by atomic mass is 35.5. The maximum atomic E-state index is 12.9. The number of amides is 1. The number of halogens is 2. The van der Waals surface area contributed by atoms with Crippen LogP contribution in [0, 0.1) is 5.82 Å². The molecule has 1 atom stereocenters. The van der Waals surface area contributed by atoms with E-state index in [0.717, 1.165) is 5.56 Å². The van der Waals surface area contributed by atoms with E-state index in [-0.39, 0.29) is 28.7 Å². The van der Waals surface area contributed by atoms with E-state index in [1.165, 1.54) is 38.3 Å². The highest BCUT2D eigenvalue weighted by Gasteiger charge is 2.21. The summed E-state index contributed by atoms with van der Waals surface area (Å²) in [5.74, 6) is -0.959. The van der Waals surface area contributed by atoms with Crippen molar-refractivity contribution in [1.82, 2.24) is 5.32 Å². The molecule has 0 fully saturated rings. The molecule has 0 aromatic heterocycles. The number of methoxy groups -OCH3 is 1. The highest BCUT2D eigenvalue weighted by molar-refractivity contribution is 6.32. The van der Waals surface area contributed by atoms with Gasteiger partial charge in [-0.2, -0.15) is 0 Å². The van der Waals surface area contributed by atoms with Gasteiger partial charge in [0.1, 0.15) is 5.82 Å². The fourth-order valence-corrected chi connectivity index (χ4v) is 2.60. The molecule has 8 heteroatoms. The van der Waals surface area contributed by atoms with Gasteiger partial charge in [-0.05, 0) is 43.7 Å². The summed E-state index contributed by atoms with van der Waals surface area (Å²) in [6.07, 6.45) is -1.04. The smallest absolute Gasteiger partial charge is 0.339 e. The Morgan fingerprint density at radius 3 is 2.50 bits per heavy atom. The molecule has 0 bridgehead atoms. The number of hydrogen-bond acceptors (Lipinski definition) is 5. The number of hydrogen-bond donors (Lipinski definition) is 1. The van der Waals surface area contributed by atoms with E-state index in [0.29, 0.717) is 12.4 Å². The van der Waals surface area contributed by atoms with Gasteiger partial charge in [0.25, 0.3) is 5.91 Å². The van der Waals surface area contributed by atoms with Gasteiger partial charge in [-0.1, -0.05) is 23.7 Å². The third kappa shape index (κ3) is 5.60. The molecule has 150 valence electrons. The quantitative estimate of drug-likeness (QED) is 0.672. The summed E-state index contributed by atoms with van der Waals surface area (Å²) in [5.41, 5.74) is 0.847. The van der Waals surface area contributed by atoms with Crippen molar-refractivity contribution >= 4 is 23.5 Å². The highest BCUT2D eigenvalue weighted by Crippen LogP contribution is 2.36. The van der Waals surface area contributed by atoms with Gasteiger partial charge in [0.15, 0.2) is 17.6 Å². The fourth-order valence-electron chi connectivity index (χ4n) is 2.34. The second-order valence-electron chi connectivity index (χ2n) is 5.81. The zero-order valence-electron chi connectivity index (χ0n) is 15.8. The van der Waals surface area contributed by atoms with E-state index >= 15 is 0 Å². The second kappa shape index (κ2) is 9.94. The van der Waals surface area contributed by atoms with E-state index in [1.54, 1.807) is 19.1 Å². The lowest BCUT2D eigenvalue weighted by Crippen LogP contribution is -2.35. The first-order valence-electron chi connectivity index (χ1n) is 8.59. The molecule has 2 aromatic carbocycles. The van der Waals surface area contributed by atoms with Crippen LogP contribution in [0.3, 0.4) is 0 Å². The van der Waals surface area contributed by atoms with Gasteiger partial charge in [-0.3, -0.25) is 4.79 Å². The first kappa shape index (κ1) is 21.5. The Balaban J connectivity index is 2.00. The lowest BCUT2D eigenvalue weighted by molar-refractivity contribution is -0.129. The topological polar surface area (TPSA) is 73.9 Å². The van der Waals surface area contributed by atoms with E-state index in [9.17, 15) is 14.0 Å². The van der Waals surface area contributed by atoms with Crippen LogP contribution in [0.25, 0.3) is 0 Å². The Labute approximate surface area is 167 Å². The van der Waals surface area contributed by atoms with Gasteiger partial charge < -0.3 is 19.5 Å². The van der Waals surface area contributed by atoms with E-state index in [2.05, 4.69) is 5.32 Å². The van der Waals surface area contributed by atoms with Crippen LogP contribution in [0.15, 0.2) is 36.4 Å². The van der Waals surface area contributed by atoms with Crippen LogP contribution in [0.2, 0.25) is 5.02 Å². The predicted octanol–water partition coefficient (Wildman–Crippen LogP) is 3.75. The monoisotopic (exact) mass is 409 g/mol. The van der Waals surface area contributed by atoms with E-state index in [1.807, 2.05) is 0 Å². The Bertz CT molecular complexity index is 841. The van der Waals surface area contributed by atoms with E-state index in [4.69, 9.17) is 25.8 Å². The molecule has 0 saturated carbocycles. The van der Waals surface area contributed by atoms with E-state index < -0.39 is 18.0 Å². The van der Waals surface area contributed by atoms with Crippen molar-refractivity contribution in [3.05, 3.63) is 58.4 Å². The van der Waals surface area contributed by atoms with Gasteiger partial charge in [0.05, 0.1) is 24.3 Å². The molecule has 0 spiro atoms. The molecular formula is C20H21ClFNO5. The number of rotatable bonds is 8. The van der Waals surface area contributed by atoms with Crippen LogP contribution in [-0.2, 0) is 16.1 Å². The molecule has 1 amide bonds. The van der Waals surface area contributed by atoms with Crippen molar-refractivity contribution < 1.29 is 28.2 Å². The average molecular weight is 410 g/mol. The van der Waals surface area contributed by atoms with Crippen LogP contribution < -0.4 is 14.8 Å². The minimum absolute atomic E-state index is 0.128. The number of ether oxygens (including phenoxy) is 3. The second-order valence-corrected chi connectivity index (χ2v) is 6.22. The van der Waals surface area contributed by atoms with Crippen molar-refractivity contribution in [2.75, 3.05) is 13.7 Å². The number of benzene rings is 2. The number of carbonyl (C=O) groups excluding carboxylic acids is 2. The average Bonchev–Trinajstić information content (AvgIpc) is 2.68. The Hall–Kier alpha value is -2.80. The number of carbonyl (C=O) groups is 2. The third-order valence-electron chi connectivity index (χ3n) is 3.79. The van der Waals surface area contributed by atoms with Crippen molar-refractivity contribution in [3.8, 4) is 11.5 Å². The molecule has 0 radical (unpaired) electrons. The molecule has 0 aliphatic heterocycles. The first-order valence-corrected chi connectivity index (χ1v) is 8.97. The Morgan fingerprint density at radius 2 is 1.89 bits per heavy atom. The van der Waals surface area contributed by atoms with Crippen molar-refractivity contribution in [3.63, 3.8) is 0 Å². The summed E-state index contributed by atoms with van der Waals surface area (Å²) in [4.78, 5) is 24.5. The van der Waals surface area contributed by atoms with Crippen LogP contribution in [0.5, 0.6) is 11.5 Å². The summed E-state index contributed by atoms with van der Waals surface area (Å²) >= 11 is 6.15. The zero-order valence-corrected chi connectivity index (χ0v) is 16.5. The molecule has 0 saturated heterocycles. The molecule has 0 aliphatic rings. The van der Waals surface area contributed by atoms with Gasteiger partial charge >= 0.3 is 5.97 Å². The third-order valence-corrected chi connectivity index (χ3v) is 4.07. The molecule has 2 rings (SSSR count). The largest absolute Gasteiger partial charge is 0.493 e. The Morgan fingerprint density at radius 1 is 1.21 bits per heavy atom. The predicted molar refractivity (Wildman–Crippen MR) is 102 cm³/mol. The molecule has 6 nitrogen and oxygen atoms in total. The summed E-state index contributed by atoms with van der Waals surface area (Å²) in [6.45, 7) is 3.81. The molecule has 0 unspecified atom stereocenters. The Kier molecular flexibility index (Phi) is 7.63. The first-order chi connectivity index (χ1) is 13.3. The van der Waals surface area contributed by atoms with Gasteiger partial charge in [0.2, 0.25) is 0 Å². The maximum Gasteiger partial charge on any atom is 0.339 e. The molecule has 2 aromatic rings. The van der Waals surface area contributed by atoms with Crippen LogP contribution in [0.1, 0.15) is 29.8 Å². The van der Waals surface area contributed by atoms with Crippen molar-refractivity contribution in [1.29, 1.82) is 0 Å². The molecule has 28 heavy (non-hydrogen) atoms. The molecule has 0 heterocycles. The van der Waals surface area contributed by atoms with Crippen LogP contribution in [0.4, 0.5) is 4.39 Å². The summed E-state index contributed by atoms with van der Waals surface area (Å²) in [5, 5.41) is 2.82. The number of esters is 1. The minimum Gasteiger partial charge on any atom is -0.493 e. The molecule has 1 N–H and O–H groups in total. The van der Waals surface area contributed by atoms with Gasteiger partial charge in [-0.25, -0.2) is 9.18 Å². The van der Waals surface area contributed by atoms with Gasteiger partial charge in [-0.15, -0.1) is 0 Å². The summed E-state index contributed by atoms with van der Waals surface area (Å²) in [6, 6.07) is 8.53. The fraction of sp³-hybridized carbons (Fsp3) is 0.300. The minimum atomic E-state index is -1.04. The molecular weight excluding hydrogens is 389 g/mol. The normalized spacial score (nSPS) is 11.5. The standard InChI is InChI=1S/C20H21ClFNO5/c1-4-27-18-16(21)9-14(10-17(18)26-3)20(25)28-12(2)19(24)23-11-13-5-7-15(22)8-6-13/h5-10,12H,4,11H2,1-3H3,(H,23,24)/t12-/m0/s1. The van der Waals surface area contributed by atoms with Crippen LogP contribution >= 0.6 is 11.6 Å². The van der Waals surface area contributed by atoms with Gasteiger partial charge in [0, 0.05) is 6.54 Å². The lowest BCUT2D eigenvalue weighted by atomic mass is 10.2. The number of nitrogens with one attached hydrogen (secondary N) is 1. The maximum absolute atomic E-state index is 12.9.